The first-order valence-electron chi connectivity index (χ1n) is 10.5. The van der Waals surface area contributed by atoms with Crippen molar-refractivity contribution in [3.05, 3.63) is 54.3 Å². The summed E-state index contributed by atoms with van der Waals surface area (Å²) in [6.07, 6.45) is 5.04. The summed E-state index contributed by atoms with van der Waals surface area (Å²) < 4.78 is 13.1. The standard InChI is InChI=1S/C24H32FN3O/c1-24(2,14-17-28-15-4-3-5-16-28)18-26-23(29)27-22-12-8-20(9-13-22)19-6-10-21(25)11-7-19/h6-13H,3-5,14-18H2,1-2H3,(H2,26,27,29). The summed E-state index contributed by atoms with van der Waals surface area (Å²) in [5.41, 5.74) is 2.72. The molecule has 1 saturated heterocycles. The van der Waals surface area contributed by atoms with Crippen molar-refractivity contribution in [1.82, 2.24) is 10.2 Å². The average molecular weight is 398 g/mol. The first-order valence-corrected chi connectivity index (χ1v) is 10.5. The third-order valence-electron chi connectivity index (χ3n) is 5.60. The molecule has 3 rings (SSSR count). The van der Waals surface area contributed by atoms with Crippen molar-refractivity contribution in [2.75, 3.05) is 31.5 Å². The molecule has 1 fully saturated rings. The van der Waals surface area contributed by atoms with E-state index >= 15 is 0 Å². The van der Waals surface area contributed by atoms with Gasteiger partial charge in [-0.3, -0.25) is 0 Å². The molecule has 1 heterocycles. The smallest absolute Gasteiger partial charge is 0.319 e. The average Bonchev–Trinajstić information content (AvgIpc) is 2.73. The summed E-state index contributed by atoms with van der Waals surface area (Å²) in [6.45, 7) is 8.56. The first-order chi connectivity index (χ1) is 13.9. The number of amides is 2. The highest BCUT2D eigenvalue weighted by Gasteiger charge is 2.21. The van der Waals surface area contributed by atoms with Crippen LogP contribution in [-0.4, -0.2) is 37.1 Å². The van der Waals surface area contributed by atoms with Crippen LogP contribution >= 0.6 is 0 Å². The number of halogens is 1. The van der Waals surface area contributed by atoms with Gasteiger partial charge >= 0.3 is 6.03 Å². The van der Waals surface area contributed by atoms with Gasteiger partial charge in [0.15, 0.2) is 0 Å². The molecule has 2 aromatic rings. The van der Waals surface area contributed by atoms with Crippen molar-refractivity contribution in [3.8, 4) is 11.1 Å². The molecule has 0 unspecified atom stereocenters. The van der Waals surface area contributed by atoms with Gasteiger partial charge in [-0.2, -0.15) is 0 Å². The molecule has 5 heteroatoms. The van der Waals surface area contributed by atoms with Gasteiger partial charge in [0, 0.05) is 12.2 Å². The van der Waals surface area contributed by atoms with Crippen LogP contribution in [0.4, 0.5) is 14.9 Å². The molecular formula is C24H32FN3O. The van der Waals surface area contributed by atoms with Gasteiger partial charge in [0.05, 0.1) is 0 Å². The molecule has 2 aromatic carbocycles. The van der Waals surface area contributed by atoms with Crippen LogP contribution in [0.25, 0.3) is 11.1 Å². The maximum Gasteiger partial charge on any atom is 0.319 e. The van der Waals surface area contributed by atoms with Gasteiger partial charge in [-0.05, 0) is 79.7 Å². The number of nitrogens with zero attached hydrogens (tertiary/aromatic N) is 1. The van der Waals surface area contributed by atoms with Crippen LogP contribution in [0.15, 0.2) is 48.5 Å². The highest BCUT2D eigenvalue weighted by molar-refractivity contribution is 5.89. The zero-order valence-electron chi connectivity index (χ0n) is 17.5. The Labute approximate surface area is 173 Å². The van der Waals surface area contributed by atoms with Crippen LogP contribution in [0.2, 0.25) is 0 Å². The van der Waals surface area contributed by atoms with Crippen molar-refractivity contribution < 1.29 is 9.18 Å². The van der Waals surface area contributed by atoms with Crippen molar-refractivity contribution in [1.29, 1.82) is 0 Å². The lowest BCUT2D eigenvalue weighted by Gasteiger charge is -2.31. The molecule has 0 bridgehead atoms. The third kappa shape index (κ3) is 6.86. The van der Waals surface area contributed by atoms with Crippen LogP contribution in [0.3, 0.4) is 0 Å². The van der Waals surface area contributed by atoms with E-state index in [9.17, 15) is 9.18 Å². The lowest BCUT2D eigenvalue weighted by atomic mass is 9.89. The largest absolute Gasteiger partial charge is 0.337 e. The minimum Gasteiger partial charge on any atom is -0.337 e. The van der Waals surface area contributed by atoms with Crippen LogP contribution in [-0.2, 0) is 0 Å². The Morgan fingerprint density at radius 3 is 2.17 bits per heavy atom. The van der Waals surface area contributed by atoms with Gasteiger partial charge in [-0.15, -0.1) is 0 Å². The highest BCUT2D eigenvalue weighted by Crippen LogP contribution is 2.23. The van der Waals surface area contributed by atoms with E-state index in [4.69, 9.17) is 0 Å². The fourth-order valence-corrected chi connectivity index (χ4v) is 3.62. The molecule has 4 nitrogen and oxygen atoms in total. The minimum absolute atomic E-state index is 0.0568. The predicted molar refractivity (Wildman–Crippen MR) is 118 cm³/mol. The van der Waals surface area contributed by atoms with Crippen LogP contribution in [0.1, 0.15) is 39.5 Å². The van der Waals surface area contributed by atoms with E-state index in [1.807, 2.05) is 24.3 Å². The number of nitrogens with one attached hydrogen (secondary N) is 2. The zero-order chi connectivity index (χ0) is 20.7. The Bertz CT molecular complexity index is 781. The molecular weight excluding hydrogens is 365 g/mol. The molecule has 2 amide bonds. The number of hydrogen-bond acceptors (Lipinski definition) is 2. The molecule has 0 radical (unpaired) electrons. The molecule has 1 aliphatic heterocycles. The molecule has 0 aliphatic carbocycles. The van der Waals surface area contributed by atoms with E-state index < -0.39 is 0 Å². The first kappa shape index (κ1) is 21.3. The van der Waals surface area contributed by atoms with E-state index in [1.165, 1.54) is 44.5 Å². The van der Waals surface area contributed by atoms with E-state index in [1.54, 1.807) is 12.1 Å². The van der Waals surface area contributed by atoms with Gasteiger partial charge in [0.1, 0.15) is 5.82 Å². The summed E-state index contributed by atoms with van der Waals surface area (Å²) in [7, 11) is 0. The quantitative estimate of drug-likeness (QED) is 0.646. The van der Waals surface area contributed by atoms with E-state index in [-0.39, 0.29) is 17.3 Å². The number of likely N-dealkylation sites (tertiary alicyclic amines) is 1. The van der Waals surface area contributed by atoms with Crippen molar-refractivity contribution in [2.24, 2.45) is 5.41 Å². The van der Waals surface area contributed by atoms with E-state index in [2.05, 4.69) is 29.4 Å². The predicted octanol–water partition coefficient (Wildman–Crippen LogP) is 5.52. The van der Waals surface area contributed by atoms with E-state index in [0.29, 0.717) is 6.54 Å². The minimum atomic E-state index is -0.248. The van der Waals surface area contributed by atoms with Crippen LogP contribution in [0.5, 0.6) is 0 Å². The molecule has 0 aromatic heterocycles. The van der Waals surface area contributed by atoms with Gasteiger partial charge < -0.3 is 15.5 Å². The normalized spacial score (nSPS) is 15.1. The SMILES string of the molecule is CC(C)(CCN1CCCCC1)CNC(=O)Nc1ccc(-c2ccc(F)cc2)cc1. The summed E-state index contributed by atoms with van der Waals surface area (Å²) in [6, 6.07) is 13.8. The second-order valence-electron chi connectivity index (χ2n) is 8.71. The second-order valence-corrected chi connectivity index (χ2v) is 8.71. The number of urea groups is 1. The van der Waals surface area contributed by atoms with Crippen molar-refractivity contribution >= 4 is 11.7 Å². The van der Waals surface area contributed by atoms with Gasteiger partial charge in [0.25, 0.3) is 0 Å². The molecule has 156 valence electrons. The molecule has 0 atom stereocenters. The molecule has 1 aliphatic rings. The lowest BCUT2D eigenvalue weighted by molar-refractivity contribution is 0.187. The van der Waals surface area contributed by atoms with Crippen LogP contribution in [0, 0.1) is 11.2 Å². The maximum atomic E-state index is 13.1. The number of benzene rings is 2. The van der Waals surface area contributed by atoms with E-state index in [0.717, 1.165) is 29.8 Å². The summed E-state index contributed by atoms with van der Waals surface area (Å²) in [5, 5.41) is 5.89. The number of rotatable bonds is 7. The molecule has 0 spiro atoms. The van der Waals surface area contributed by atoms with Crippen molar-refractivity contribution in [2.45, 2.75) is 39.5 Å². The number of carbonyl (C=O) groups is 1. The molecule has 2 N–H and O–H groups in total. The fourth-order valence-electron chi connectivity index (χ4n) is 3.62. The molecule has 29 heavy (non-hydrogen) atoms. The van der Waals surface area contributed by atoms with Gasteiger partial charge in [0.2, 0.25) is 0 Å². The second kappa shape index (κ2) is 9.88. The maximum absolute atomic E-state index is 13.1. The summed E-state index contributed by atoms with van der Waals surface area (Å²) in [5.74, 6) is -0.248. The lowest BCUT2D eigenvalue weighted by Crippen LogP contribution is -2.39. The monoisotopic (exact) mass is 397 g/mol. The van der Waals surface area contributed by atoms with Gasteiger partial charge in [-0.25, -0.2) is 9.18 Å². The summed E-state index contributed by atoms with van der Waals surface area (Å²) in [4.78, 5) is 14.8. The Hall–Kier alpha value is -2.40. The Morgan fingerprint density at radius 1 is 0.966 bits per heavy atom. The van der Waals surface area contributed by atoms with Crippen LogP contribution < -0.4 is 10.6 Å². The number of anilines is 1. The number of piperidine rings is 1. The Balaban J connectivity index is 1.44. The Kier molecular flexibility index (Phi) is 7.26. The number of carbonyl (C=O) groups excluding carboxylic acids is 1. The topological polar surface area (TPSA) is 44.4 Å². The number of hydrogen-bond donors (Lipinski definition) is 2. The van der Waals surface area contributed by atoms with Crippen molar-refractivity contribution in [3.63, 3.8) is 0 Å². The highest BCUT2D eigenvalue weighted by atomic mass is 19.1. The third-order valence-corrected chi connectivity index (χ3v) is 5.60. The zero-order valence-corrected chi connectivity index (χ0v) is 17.5. The molecule has 0 saturated carbocycles. The summed E-state index contributed by atoms with van der Waals surface area (Å²) >= 11 is 0. The van der Waals surface area contributed by atoms with Gasteiger partial charge in [-0.1, -0.05) is 44.5 Å². The Morgan fingerprint density at radius 2 is 1.55 bits per heavy atom. The fraction of sp³-hybridized carbons (Fsp3) is 0.458.